The molecule has 0 heterocycles. The number of halogens is 2. The number of nitrogens with one attached hydrogen (secondary N) is 1. The van der Waals surface area contributed by atoms with E-state index < -0.39 is 0 Å². The lowest BCUT2D eigenvalue weighted by molar-refractivity contribution is 0.102. The molecule has 132 valence electrons. The van der Waals surface area contributed by atoms with Crippen LogP contribution < -0.4 is 15.8 Å². The molecule has 3 aromatic rings. The molecule has 0 aliphatic heterocycles. The van der Waals surface area contributed by atoms with Gasteiger partial charge in [-0.2, -0.15) is 0 Å². The maximum absolute atomic E-state index is 12.7. The fraction of sp³-hybridized carbons (Fsp3) is 0.0500. The van der Waals surface area contributed by atoms with E-state index in [2.05, 4.69) is 5.32 Å². The maximum Gasteiger partial charge on any atom is 0.256 e. The van der Waals surface area contributed by atoms with Crippen molar-refractivity contribution in [2.24, 2.45) is 0 Å². The molecule has 0 spiro atoms. The van der Waals surface area contributed by atoms with Gasteiger partial charge in [-0.25, -0.2) is 0 Å². The van der Waals surface area contributed by atoms with E-state index >= 15 is 0 Å². The second-order valence-corrected chi connectivity index (χ2v) is 6.38. The van der Waals surface area contributed by atoms with Gasteiger partial charge in [-0.05, 0) is 30.3 Å². The van der Waals surface area contributed by atoms with Crippen LogP contribution in [-0.4, -0.2) is 5.91 Å². The van der Waals surface area contributed by atoms with Crippen molar-refractivity contribution in [2.45, 2.75) is 6.61 Å². The van der Waals surface area contributed by atoms with E-state index in [-0.39, 0.29) is 28.2 Å². The van der Waals surface area contributed by atoms with Crippen LogP contribution in [0.25, 0.3) is 0 Å². The van der Waals surface area contributed by atoms with Crippen LogP contribution >= 0.6 is 23.2 Å². The van der Waals surface area contributed by atoms with E-state index in [1.165, 1.54) is 0 Å². The Balaban J connectivity index is 1.77. The highest BCUT2D eigenvalue weighted by atomic mass is 35.5. The molecule has 0 aliphatic carbocycles. The average Bonchev–Trinajstić information content (AvgIpc) is 2.65. The highest BCUT2D eigenvalue weighted by Gasteiger charge is 2.13. The van der Waals surface area contributed by atoms with E-state index in [1.807, 2.05) is 42.5 Å². The number of nitrogen functional groups attached to an aromatic ring is 1. The summed E-state index contributed by atoms with van der Waals surface area (Å²) in [5.41, 5.74) is 7.74. The maximum atomic E-state index is 12.7. The van der Waals surface area contributed by atoms with Gasteiger partial charge in [-0.1, -0.05) is 59.6 Å². The second-order valence-electron chi connectivity index (χ2n) is 5.57. The number of anilines is 2. The number of para-hydroxylation sites is 1. The summed E-state index contributed by atoms with van der Waals surface area (Å²) in [7, 11) is 0. The Morgan fingerprint density at radius 1 is 0.962 bits per heavy atom. The van der Waals surface area contributed by atoms with Gasteiger partial charge in [0.1, 0.15) is 12.4 Å². The topological polar surface area (TPSA) is 64.3 Å². The van der Waals surface area contributed by atoms with Crippen LogP contribution in [0.5, 0.6) is 5.75 Å². The number of carbonyl (C=O) groups is 1. The van der Waals surface area contributed by atoms with Crippen molar-refractivity contribution >= 4 is 40.5 Å². The summed E-state index contributed by atoms with van der Waals surface area (Å²) in [6, 6.07) is 19.8. The van der Waals surface area contributed by atoms with Crippen molar-refractivity contribution in [3.8, 4) is 5.75 Å². The lowest BCUT2D eigenvalue weighted by atomic mass is 10.1. The first kappa shape index (κ1) is 18.1. The Kier molecular flexibility index (Phi) is 5.66. The van der Waals surface area contributed by atoms with Crippen molar-refractivity contribution < 1.29 is 9.53 Å². The first-order valence-electron chi connectivity index (χ1n) is 7.86. The Labute approximate surface area is 161 Å². The molecular weight excluding hydrogens is 371 g/mol. The summed E-state index contributed by atoms with van der Waals surface area (Å²) in [5.74, 6) is 0.453. The molecule has 0 fully saturated rings. The lowest BCUT2D eigenvalue weighted by Gasteiger charge is -2.12. The van der Waals surface area contributed by atoms with E-state index in [0.717, 1.165) is 11.3 Å². The minimum absolute atomic E-state index is 0.275. The third-order valence-corrected chi connectivity index (χ3v) is 4.36. The highest BCUT2D eigenvalue weighted by Crippen LogP contribution is 2.31. The van der Waals surface area contributed by atoms with Crippen LogP contribution in [0.3, 0.4) is 0 Å². The van der Waals surface area contributed by atoms with Gasteiger partial charge in [-0.15, -0.1) is 0 Å². The smallest absolute Gasteiger partial charge is 0.256 e. The normalized spacial score (nSPS) is 10.4. The van der Waals surface area contributed by atoms with Crippen LogP contribution in [0, 0.1) is 0 Å². The van der Waals surface area contributed by atoms with Gasteiger partial charge < -0.3 is 15.8 Å². The summed E-state index contributed by atoms with van der Waals surface area (Å²) < 4.78 is 5.75. The zero-order chi connectivity index (χ0) is 18.5. The predicted octanol–water partition coefficient (Wildman–Crippen LogP) is 5.41. The Morgan fingerprint density at radius 3 is 2.27 bits per heavy atom. The van der Waals surface area contributed by atoms with Crippen molar-refractivity contribution in [1.82, 2.24) is 0 Å². The molecule has 3 N–H and O–H groups in total. The van der Waals surface area contributed by atoms with Crippen LogP contribution in [0.4, 0.5) is 11.4 Å². The quantitative estimate of drug-likeness (QED) is 0.576. The molecule has 6 heteroatoms. The average molecular weight is 387 g/mol. The Hall–Kier alpha value is -2.69. The zero-order valence-electron chi connectivity index (χ0n) is 13.7. The van der Waals surface area contributed by atoms with Gasteiger partial charge in [0.25, 0.3) is 5.91 Å². The lowest BCUT2D eigenvalue weighted by Crippen LogP contribution is -2.15. The third-order valence-electron chi connectivity index (χ3n) is 3.74. The van der Waals surface area contributed by atoms with Crippen LogP contribution in [0.1, 0.15) is 15.9 Å². The molecule has 3 aromatic carbocycles. The highest BCUT2D eigenvalue weighted by molar-refractivity contribution is 6.39. The van der Waals surface area contributed by atoms with Gasteiger partial charge in [0.15, 0.2) is 0 Å². The summed E-state index contributed by atoms with van der Waals surface area (Å²) >= 11 is 12.0. The van der Waals surface area contributed by atoms with E-state index in [0.29, 0.717) is 11.3 Å². The first-order valence-corrected chi connectivity index (χ1v) is 8.62. The van der Waals surface area contributed by atoms with Gasteiger partial charge >= 0.3 is 0 Å². The van der Waals surface area contributed by atoms with E-state index in [1.54, 1.807) is 24.3 Å². The Bertz CT molecular complexity index is 907. The number of amides is 1. The number of benzene rings is 3. The van der Waals surface area contributed by atoms with Crippen molar-refractivity contribution in [2.75, 3.05) is 11.1 Å². The van der Waals surface area contributed by atoms with E-state index in [9.17, 15) is 4.79 Å². The minimum atomic E-state index is -0.283. The molecular formula is C20H16Cl2N2O2. The number of ether oxygens (including phenoxy) is 1. The molecule has 26 heavy (non-hydrogen) atoms. The summed E-state index contributed by atoms with van der Waals surface area (Å²) in [5, 5.41) is 3.36. The monoisotopic (exact) mass is 386 g/mol. The Morgan fingerprint density at radius 2 is 1.58 bits per heavy atom. The molecule has 0 unspecified atom stereocenters. The molecule has 0 bridgehead atoms. The van der Waals surface area contributed by atoms with Gasteiger partial charge in [0.05, 0.1) is 15.7 Å². The number of rotatable bonds is 5. The number of hydrogen-bond acceptors (Lipinski definition) is 3. The summed E-state index contributed by atoms with van der Waals surface area (Å²) in [6.07, 6.45) is 0. The molecule has 0 aliphatic rings. The van der Waals surface area contributed by atoms with Crippen molar-refractivity contribution in [3.05, 3.63) is 87.9 Å². The number of hydrogen-bond donors (Lipinski definition) is 2. The number of nitrogens with two attached hydrogens (primary N) is 1. The largest absolute Gasteiger partial charge is 0.489 e. The number of carbonyl (C=O) groups excluding carboxylic acids is 1. The molecule has 0 atom stereocenters. The summed E-state index contributed by atoms with van der Waals surface area (Å²) in [4.78, 5) is 12.7. The van der Waals surface area contributed by atoms with Crippen molar-refractivity contribution in [1.29, 1.82) is 0 Å². The molecule has 1 amide bonds. The molecule has 3 rings (SSSR count). The third kappa shape index (κ3) is 4.28. The van der Waals surface area contributed by atoms with Gasteiger partial charge in [0.2, 0.25) is 0 Å². The fourth-order valence-electron chi connectivity index (χ4n) is 2.40. The fourth-order valence-corrected chi connectivity index (χ4v) is 2.89. The zero-order valence-corrected chi connectivity index (χ0v) is 15.2. The molecule has 0 saturated carbocycles. The molecule has 0 radical (unpaired) electrons. The first-order chi connectivity index (χ1) is 12.5. The van der Waals surface area contributed by atoms with Gasteiger partial charge in [-0.3, -0.25) is 4.79 Å². The van der Waals surface area contributed by atoms with Gasteiger partial charge in [0, 0.05) is 16.8 Å². The van der Waals surface area contributed by atoms with Crippen molar-refractivity contribution in [3.63, 3.8) is 0 Å². The standard InChI is InChI=1S/C20H16Cl2N2O2/c21-17-10-14(11-18(22)19(17)23)24-20(25)16-9-5-4-6-13(16)12-26-15-7-2-1-3-8-15/h1-11H,12,23H2,(H,24,25). The SMILES string of the molecule is Nc1c(Cl)cc(NC(=O)c2ccccc2COc2ccccc2)cc1Cl. The van der Waals surface area contributed by atoms with Crippen LogP contribution in [0.2, 0.25) is 10.0 Å². The molecule has 0 aromatic heterocycles. The molecule has 4 nitrogen and oxygen atoms in total. The summed E-state index contributed by atoms with van der Waals surface area (Å²) in [6.45, 7) is 0.275. The minimum Gasteiger partial charge on any atom is -0.489 e. The molecule has 0 saturated heterocycles. The second kappa shape index (κ2) is 8.13. The van der Waals surface area contributed by atoms with E-state index in [4.69, 9.17) is 33.7 Å². The van der Waals surface area contributed by atoms with Crippen LogP contribution in [-0.2, 0) is 6.61 Å². The predicted molar refractivity (Wildman–Crippen MR) is 106 cm³/mol. The van der Waals surface area contributed by atoms with Crippen LogP contribution in [0.15, 0.2) is 66.7 Å².